The molecule has 1 atom stereocenters. The van der Waals surface area contributed by atoms with E-state index in [0.717, 1.165) is 54.5 Å². The number of aromatic nitrogens is 3. The third-order valence-electron chi connectivity index (χ3n) is 7.84. The van der Waals surface area contributed by atoms with Gasteiger partial charge in [0, 0.05) is 24.8 Å². The van der Waals surface area contributed by atoms with Crippen LogP contribution < -0.4 is 5.32 Å². The third-order valence-corrected chi connectivity index (χ3v) is 8.87. The van der Waals surface area contributed by atoms with Gasteiger partial charge in [-0.1, -0.05) is 103 Å². The molecule has 5 rings (SSSR count). The number of aryl methyl sites for hydroxylation is 2. The van der Waals surface area contributed by atoms with Crippen LogP contribution in [0.1, 0.15) is 63.6 Å². The number of unbranched alkanes of at least 4 members (excludes halogenated alkanes) is 1. The number of aromatic hydroxyl groups is 1. The molecule has 1 amide bonds. The first-order chi connectivity index (χ1) is 22.0. The molecule has 0 saturated carbocycles. The molecule has 4 aromatic carbocycles. The van der Waals surface area contributed by atoms with Gasteiger partial charge in [-0.05, 0) is 73.6 Å². The highest BCUT2D eigenvalue weighted by Gasteiger charge is 2.22. The van der Waals surface area contributed by atoms with E-state index in [1.165, 1.54) is 34.9 Å². The number of hydrogen-bond donors (Lipinski definition) is 2. The lowest BCUT2D eigenvalue weighted by molar-refractivity contribution is 0.0950. The van der Waals surface area contributed by atoms with E-state index in [-0.39, 0.29) is 29.0 Å². The van der Waals surface area contributed by atoms with Crippen molar-refractivity contribution in [3.63, 3.8) is 0 Å². The maximum Gasteiger partial charge on any atom is 0.255 e. The molecule has 232 valence electrons. The molecule has 0 bridgehead atoms. The topological polar surface area (TPSA) is 80.0 Å². The summed E-state index contributed by atoms with van der Waals surface area (Å²) in [5, 5.41) is 23.3. The Bertz CT molecular complexity index is 1670. The second-order valence-electron chi connectivity index (χ2n) is 11.3. The molecule has 0 aliphatic rings. The lowest BCUT2D eigenvalue weighted by Gasteiger charge is -2.19. The Morgan fingerprint density at radius 3 is 2.42 bits per heavy atom. The van der Waals surface area contributed by atoms with Crippen molar-refractivity contribution < 1.29 is 14.3 Å². The predicted octanol–water partition coefficient (Wildman–Crippen LogP) is 7.89. The van der Waals surface area contributed by atoms with Crippen molar-refractivity contribution >= 4 is 17.7 Å². The first kappa shape index (κ1) is 32.0. The number of benzene rings is 4. The molecule has 0 radical (unpaired) electrons. The van der Waals surface area contributed by atoms with Crippen molar-refractivity contribution in [3.05, 3.63) is 143 Å². The summed E-state index contributed by atoms with van der Waals surface area (Å²) in [7, 11) is 0. The summed E-state index contributed by atoms with van der Waals surface area (Å²) < 4.78 is 16.0. The Kier molecular flexibility index (Phi) is 11.4. The first-order valence-corrected chi connectivity index (χ1v) is 16.4. The summed E-state index contributed by atoms with van der Waals surface area (Å²) in [6.07, 6.45) is 4.01. The molecule has 2 N–H and O–H groups in total. The smallest absolute Gasteiger partial charge is 0.255 e. The Morgan fingerprint density at radius 1 is 0.889 bits per heavy atom. The molecular weight excluding hydrogens is 583 g/mol. The van der Waals surface area contributed by atoms with E-state index < -0.39 is 0 Å². The molecule has 0 aliphatic heterocycles. The predicted molar refractivity (Wildman–Crippen MR) is 178 cm³/mol. The van der Waals surface area contributed by atoms with Crippen LogP contribution in [0.5, 0.6) is 5.75 Å². The number of rotatable bonds is 15. The molecule has 1 aromatic heterocycles. The number of phenolic OH excluding ortho intramolecular Hbond substituents is 1. The third kappa shape index (κ3) is 9.28. The number of nitrogens with one attached hydrogen (secondary N) is 1. The average Bonchev–Trinajstić information content (AvgIpc) is 3.46. The molecule has 0 aliphatic carbocycles. The molecule has 1 unspecified atom stereocenters. The molecule has 8 heteroatoms. The molecular formula is C37H39FN4O2S. The minimum absolute atomic E-state index is 0.0275. The first-order valence-electron chi connectivity index (χ1n) is 15.4. The van der Waals surface area contributed by atoms with E-state index in [0.29, 0.717) is 13.0 Å². The SMILES string of the molecule is Cc1cccc(CSc2nnc(C(CCCCNC(=O)c3ccccc3O)Cc3ccc(F)cc3)n2CCc2ccccc2)c1. The van der Waals surface area contributed by atoms with Crippen LogP contribution >= 0.6 is 11.8 Å². The highest BCUT2D eigenvalue weighted by atomic mass is 32.2. The van der Waals surface area contributed by atoms with E-state index in [1.807, 2.05) is 18.2 Å². The highest BCUT2D eigenvalue weighted by Crippen LogP contribution is 2.30. The van der Waals surface area contributed by atoms with Crippen LogP contribution in [0.15, 0.2) is 108 Å². The van der Waals surface area contributed by atoms with Gasteiger partial charge in [-0.25, -0.2) is 4.39 Å². The molecule has 1 heterocycles. The maximum absolute atomic E-state index is 13.7. The number of nitrogens with zero attached hydrogens (tertiary/aromatic N) is 3. The second kappa shape index (κ2) is 16.0. The van der Waals surface area contributed by atoms with E-state index in [2.05, 4.69) is 70.4 Å². The molecule has 0 fully saturated rings. The fourth-order valence-electron chi connectivity index (χ4n) is 5.46. The van der Waals surface area contributed by atoms with Crippen molar-refractivity contribution in [2.24, 2.45) is 0 Å². The Labute approximate surface area is 268 Å². The molecule has 0 spiro atoms. The number of para-hydroxylation sites is 1. The van der Waals surface area contributed by atoms with E-state index in [1.54, 1.807) is 30.0 Å². The van der Waals surface area contributed by atoms with Crippen LogP contribution in [0.3, 0.4) is 0 Å². The van der Waals surface area contributed by atoms with Crippen LogP contribution in [0, 0.1) is 12.7 Å². The van der Waals surface area contributed by atoms with Gasteiger partial charge in [-0.15, -0.1) is 10.2 Å². The largest absolute Gasteiger partial charge is 0.507 e. The van der Waals surface area contributed by atoms with Gasteiger partial charge in [0.25, 0.3) is 5.91 Å². The van der Waals surface area contributed by atoms with Gasteiger partial charge < -0.3 is 15.0 Å². The van der Waals surface area contributed by atoms with Crippen molar-refractivity contribution in [3.8, 4) is 5.75 Å². The highest BCUT2D eigenvalue weighted by molar-refractivity contribution is 7.98. The zero-order valence-electron chi connectivity index (χ0n) is 25.5. The van der Waals surface area contributed by atoms with Crippen molar-refractivity contribution in [2.45, 2.75) is 62.4 Å². The maximum atomic E-state index is 13.7. The summed E-state index contributed by atoms with van der Waals surface area (Å²) in [4.78, 5) is 12.5. The fourth-order valence-corrected chi connectivity index (χ4v) is 6.37. The van der Waals surface area contributed by atoms with E-state index in [9.17, 15) is 14.3 Å². The number of phenols is 1. The van der Waals surface area contributed by atoms with Crippen molar-refractivity contribution in [1.82, 2.24) is 20.1 Å². The Morgan fingerprint density at radius 2 is 1.64 bits per heavy atom. The zero-order chi connectivity index (χ0) is 31.4. The summed E-state index contributed by atoms with van der Waals surface area (Å²) in [6.45, 7) is 3.35. The molecule has 6 nitrogen and oxygen atoms in total. The zero-order valence-corrected chi connectivity index (χ0v) is 26.3. The van der Waals surface area contributed by atoms with Crippen LogP contribution in [-0.4, -0.2) is 32.3 Å². The van der Waals surface area contributed by atoms with Gasteiger partial charge in [0.15, 0.2) is 5.16 Å². The van der Waals surface area contributed by atoms with Crippen LogP contribution in [0.25, 0.3) is 0 Å². The minimum Gasteiger partial charge on any atom is -0.507 e. The van der Waals surface area contributed by atoms with Gasteiger partial charge in [0.1, 0.15) is 17.4 Å². The van der Waals surface area contributed by atoms with Crippen molar-refractivity contribution in [2.75, 3.05) is 6.54 Å². The number of carbonyl (C=O) groups is 1. The Hall–Kier alpha value is -4.43. The monoisotopic (exact) mass is 622 g/mol. The van der Waals surface area contributed by atoms with Crippen LogP contribution in [-0.2, 0) is 25.1 Å². The van der Waals surface area contributed by atoms with Gasteiger partial charge >= 0.3 is 0 Å². The fraction of sp³-hybridized carbons (Fsp3) is 0.270. The number of carbonyl (C=O) groups excluding carboxylic acids is 1. The quantitative estimate of drug-likeness (QED) is 0.0917. The number of amides is 1. The average molecular weight is 623 g/mol. The molecule has 45 heavy (non-hydrogen) atoms. The molecule has 5 aromatic rings. The number of thioether (sulfide) groups is 1. The summed E-state index contributed by atoms with van der Waals surface area (Å²) in [5.74, 6) is 1.22. The molecule has 0 saturated heterocycles. The summed E-state index contributed by atoms with van der Waals surface area (Å²) in [6, 6.07) is 32.2. The van der Waals surface area contributed by atoms with Crippen LogP contribution in [0.2, 0.25) is 0 Å². The van der Waals surface area contributed by atoms with Gasteiger partial charge in [-0.2, -0.15) is 0 Å². The summed E-state index contributed by atoms with van der Waals surface area (Å²) >= 11 is 1.70. The van der Waals surface area contributed by atoms with Gasteiger partial charge in [0.2, 0.25) is 0 Å². The second-order valence-corrected chi connectivity index (χ2v) is 12.2. The van der Waals surface area contributed by atoms with E-state index in [4.69, 9.17) is 5.10 Å². The number of halogens is 1. The Balaban J connectivity index is 1.33. The van der Waals surface area contributed by atoms with Crippen LogP contribution in [0.4, 0.5) is 4.39 Å². The standard InChI is InChI=1S/C37H39FN4O2S/c1-27-10-9-13-30(24-27)26-45-37-41-40-35(42(37)23-21-28-11-3-2-4-12-28)31(25-29-17-19-32(38)20-18-29)14-7-8-22-39-36(44)33-15-5-6-16-34(33)43/h2-6,9-13,15-20,24,31,43H,7-8,14,21-23,25-26H2,1H3,(H,39,44). The van der Waals surface area contributed by atoms with E-state index >= 15 is 0 Å². The normalized spacial score (nSPS) is 11.8. The minimum atomic E-state index is -0.285. The van der Waals surface area contributed by atoms with Gasteiger partial charge in [0.05, 0.1) is 5.56 Å². The number of hydrogen-bond acceptors (Lipinski definition) is 5. The summed E-state index contributed by atoms with van der Waals surface area (Å²) in [5.41, 5.74) is 5.04. The lowest BCUT2D eigenvalue weighted by atomic mass is 9.93. The lowest BCUT2D eigenvalue weighted by Crippen LogP contribution is -2.24. The van der Waals surface area contributed by atoms with Gasteiger partial charge in [-0.3, -0.25) is 4.79 Å². The van der Waals surface area contributed by atoms with Crippen molar-refractivity contribution in [1.29, 1.82) is 0 Å².